The van der Waals surface area contributed by atoms with E-state index in [9.17, 15) is 28.2 Å². The van der Waals surface area contributed by atoms with E-state index in [1.165, 1.54) is 10.9 Å². The first-order valence-corrected chi connectivity index (χ1v) is 13.7. The summed E-state index contributed by atoms with van der Waals surface area (Å²) in [6.45, 7) is -7.73. The number of hydrogen-bond acceptors (Lipinski definition) is 15. The summed E-state index contributed by atoms with van der Waals surface area (Å²) >= 11 is 0. The molecule has 0 spiro atoms. The van der Waals surface area contributed by atoms with Gasteiger partial charge in [0.1, 0.15) is 0 Å². The van der Waals surface area contributed by atoms with E-state index >= 15 is 0 Å². The third-order valence-electron chi connectivity index (χ3n) is 4.05. The Balaban J connectivity index is 2.15. The summed E-state index contributed by atoms with van der Waals surface area (Å²) in [7, 11) is -8.62. The molecule has 1 unspecified atom stereocenters. The van der Waals surface area contributed by atoms with Crippen molar-refractivity contribution < 1.29 is 57.6 Å². The third-order valence-corrected chi connectivity index (χ3v) is 13.8. The second-order valence-corrected chi connectivity index (χ2v) is 16.0. The number of aliphatic hydroxyl groups is 1. The van der Waals surface area contributed by atoms with E-state index in [0.29, 0.717) is 5.82 Å². The Bertz CT molecular complexity index is 894. The zero-order valence-corrected chi connectivity index (χ0v) is 17.6. The topological polar surface area (TPSA) is 251 Å². The number of aryl methyl sites for hydroxylation is 1. The molecule has 170 valence electrons. The fraction of sp³-hybridized carbons (Fsp3) is 0.600. The number of aromatic nitrogens is 2. The predicted octanol–water partition coefficient (Wildman–Crippen LogP) is 0.681. The van der Waals surface area contributed by atoms with Crippen molar-refractivity contribution >= 4 is 33.1 Å². The van der Waals surface area contributed by atoms with Crippen LogP contribution < -0.4 is 16.4 Å². The van der Waals surface area contributed by atoms with Gasteiger partial charge in [-0.2, -0.15) is 0 Å². The van der Waals surface area contributed by atoms with Gasteiger partial charge in [-0.15, -0.1) is 0 Å². The maximum absolute atomic E-state index is 11.8. The van der Waals surface area contributed by atoms with Crippen molar-refractivity contribution in [1.82, 2.24) is 14.9 Å². The van der Waals surface area contributed by atoms with Crippen LogP contribution in [0.5, 0.6) is 0 Å². The van der Waals surface area contributed by atoms with E-state index in [1.807, 2.05) is 0 Å². The van der Waals surface area contributed by atoms with Crippen LogP contribution in [0, 0.1) is 5.92 Å². The Morgan fingerprint density at radius 1 is 1.27 bits per heavy atom. The molecule has 0 radical (unpaired) electrons. The Labute approximate surface area is 167 Å². The van der Waals surface area contributed by atoms with Crippen LogP contribution in [0.2, 0.25) is 0 Å². The molecule has 0 saturated carbocycles. The van der Waals surface area contributed by atoms with Crippen LogP contribution in [0.4, 0.5) is 5.82 Å². The molecule has 1 amide bonds. The third kappa shape index (κ3) is 4.37. The summed E-state index contributed by atoms with van der Waals surface area (Å²) in [4.78, 5) is 15.7. The van der Waals surface area contributed by atoms with Crippen molar-refractivity contribution in [3.05, 3.63) is 12.0 Å². The van der Waals surface area contributed by atoms with Crippen molar-refractivity contribution in [2.75, 3.05) is 18.5 Å². The average Bonchev–Trinajstić information content (AvgIpc) is 3.10. The van der Waals surface area contributed by atoms with Gasteiger partial charge in [0.2, 0.25) is 0 Å². The van der Waals surface area contributed by atoms with Crippen LogP contribution in [0.25, 0.3) is 0 Å². The van der Waals surface area contributed by atoms with Gasteiger partial charge in [0.25, 0.3) is 0 Å². The Kier molecular flexibility index (Phi) is 7.96. The number of hydrogen-bond donors (Lipinski definition) is 6. The number of nitrogens with one attached hydrogen (secondary N) is 2. The first kappa shape index (κ1) is 24.7. The average molecular weight is 493 g/mol. The molecule has 0 aromatic carbocycles. The van der Waals surface area contributed by atoms with Gasteiger partial charge < -0.3 is 0 Å². The predicted molar refractivity (Wildman–Crippen MR) is 94.5 cm³/mol. The van der Waals surface area contributed by atoms with Crippen LogP contribution >= 0.6 is 21.4 Å². The standard InChI is InChI=1S/C10H18N5O12P3/c11-10-13-8-7(9(17)14-10)12-5-15(8)2-1-6(3-16)4-24-30(26-19,27-25-18,28(20)21)29(22)23/h5-6,10,13,16,18-19H,1-4,11H2,(H,14,17)/t6-,10?/m1/s1. The number of imidazole rings is 1. The van der Waals surface area contributed by atoms with Gasteiger partial charge in [-0.3, -0.25) is 0 Å². The number of amides is 1. The molecule has 2 atom stereocenters. The summed E-state index contributed by atoms with van der Waals surface area (Å²) in [5.41, 5.74) is 5.70. The van der Waals surface area contributed by atoms with Gasteiger partial charge in [0.15, 0.2) is 0 Å². The van der Waals surface area contributed by atoms with E-state index in [0.717, 1.165) is 0 Å². The van der Waals surface area contributed by atoms with Crippen molar-refractivity contribution in [3.63, 3.8) is 0 Å². The molecule has 20 heteroatoms. The number of nitrogens with two attached hydrogens (primary N) is 1. The quantitative estimate of drug-likeness (QED) is 0.133. The van der Waals surface area contributed by atoms with E-state index in [4.69, 9.17) is 20.8 Å². The van der Waals surface area contributed by atoms with Crippen molar-refractivity contribution in [2.24, 2.45) is 11.7 Å². The molecule has 0 aliphatic carbocycles. The fourth-order valence-corrected chi connectivity index (χ4v) is 6.92. The molecule has 2 rings (SSSR count). The Morgan fingerprint density at radius 3 is 2.47 bits per heavy atom. The van der Waals surface area contributed by atoms with E-state index in [1.54, 1.807) is 0 Å². The molecule has 7 N–H and O–H groups in total. The van der Waals surface area contributed by atoms with Crippen LogP contribution in [-0.2, 0) is 43.7 Å². The minimum atomic E-state index is -6.41. The summed E-state index contributed by atoms with van der Waals surface area (Å²) < 4.78 is 59.8. The molecular formula is C10H18N5O12P3. The first-order valence-electron chi connectivity index (χ1n) is 7.93. The van der Waals surface area contributed by atoms with Gasteiger partial charge in [-0.05, 0) is 0 Å². The fourth-order valence-electron chi connectivity index (χ4n) is 2.43. The molecular weight excluding hydrogens is 475 g/mol. The molecule has 0 fully saturated rings. The number of fused-ring (bicyclic) bond motifs is 1. The number of nitrogens with zero attached hydrogens (tertiary/aromatic N) is 2. The molecule has 1 aliphatic heterocycles. The molecule has 0 saturated heterocycles. The number of anilines is 1. The molecule has 1 aliphatic rings. The zero-order chi connectivity index (χ0) is 22.6. The zero-order valence-electron chi connectivity index (χ0n) is 14.9. The van der Waals surface area contributed by atoms with E-state index in [-0.39, 0.29) is 18.7 Å². The van der Waals surface area contributed by atoms with E-state index in [2.05, 4.69) is 30.0 Å². The normalized spacial score (nSPS) is 18.5. The molecule has 1 aromatic rings. The van der Waals surface area contributed by atoms with Crippen molar-refractivity contribution in [1.29, 1.82) is 0 Å². The van der Waals surface area contributed by atoms with Crippen LogP contribution in [0.1, 0.15) is 16.9 Å². The summed E-state index contributed by atoms with van der Waals surface area (Å²) in [5.74, 6) is -1.13. The Morgan fingerprint density at radius 2 is 1.93 bits per heavy atom. The molecule has 17 nitrogen and oxygen atoms in total. The van der Waals surface area contributed by atoms with Gasteiger partial charge in [0, 0.05) is 0 Å². The molecule has 2 heterocycles. The van der Waals surface area contributed by atoms with Gasteiger partial charge >= 0.3 is 167 Å². The second-order valence-electron chi connectivity index (χ2n) is 5.87. The van der Waals surface area contributed by atoms with Crippen molar-refractivity contribution in [2.45, 2.75) is 19.3 Å². The number of rotatable bonds is 12. The summed E-state index contributed by atoms with van der Waals surface area (Å²) in [6, 6.07) is 0. The molecule has 0 bridgehead atoms. The maximum atomic E-state index is 11.8. The molecule has 1 aromatic heterocycles. The monoisotopic (exact) mass is 493 g/mol. The van der Waals surface area contributed by atoms with Crippen LogP contribution in [0.15, 0.2) is 6.33 Å². The minimum absolute atomic E-state index is 0.0427. The van der Waals surface area contributed by atoms with Crippen molar-refractivity contribution in [3.8, 4) is 0 Å². The number of aliphatic hydroxyl groups excluding tert-OH is 1. The van der Waals surface area contributed by atoms with Gasteiger partial charge in [-0.1, -0.05) is 0 Å². The SMILES string of the molecule is NC1NC(=O)c2ncn(CC[C@H](CO)COP(OO)(OOO)(P(=O)=O)P(=O)=O)c2N1. The van der Waals surface area contributed by atoms with Gasteiger partial charge in [0.05, 0.1) is 0 Å². The van der Waals surface area contributed by atoms with Crippen LogP contribution in [0.3, 0.4) is 0 Å². The van der Waals surface area contributed by atoms with Crippen LogP contribution in [-0.4, -0.2) is 50.6 Å². The molecule has 30 heavy (non-hydrogen) atoms. The van der Waals surface area contributed by atoms with Gasteiger partial charge in [-0.25, -0.2) is 0 Å². The van der Waals surface area contributed by atoms with E-state index < -0.39 is 52.7 Å². The Hall–Kier alpha value is -1.61. The summed E-state index contributed by atoms with van der Waals surface area (Å²) in [6.07, 6.45) is 0.497. The number of carbonyl (C=O) groups excluding carboxylic acids is 1. The number of carbonyl (C=O) groups is 1. The first-order chi connectivity index (χ1) is 14.1. The second kappa shape index (κ2) is 9.68. The summed E-state index contributed by atoms with van der Waals surface area (Å²) in [5, 5.41) is 35.2.